The quantitative estimate of drug-likeness (QED) is 0.230. The van der Waals surface area contributed by atoms with E-state index >= 15 is 4.39 Å². The van der Waals surface area contributed by atoms with E-state index in [2.05, 4.69) is 19.6 Å². The smallest absolute Gasteiger partial charge is 0.443 e. The van der Waals surface area contributed by atoms with Crippen LogP contribution in [0.3, 0.4) is 0 Å². The highest BCUT2D eigenvalue weighted by Crippen LogP contribution is 2.61. The first-order valence-electron chi connectivity index (χ1n) is 15.2. The number of hydrogen-bond donors (Lipinski definition) is 0. The van der Waals surface area contributed by atoms with E-state index in [-0.39, 0.29) is 31.1 Å². The Balaban J connectivity index is 1.83. The lowest BCUT2D eigenvalue weighted by Crippen LogP contribution is -2.61. The third-order valence-corrected chi connectivity index (χ3v) is 13.5. The lowest BCUT2D eigenvalue weighted by atomic mass is 9.75. The van der Waals surface area contributed by atoms with Crippen LogP contribution in [0.1, 0.15) is 73.8 Å². The number of aliphatic imine (C=N–C) groups is 1. The summed E-state index contributed by atoms with van der Waals surface area (Å²) in [5, 5.41) is 0. The number of amides is 1. The summed E-state index contributed by atoms with van der Waals surface area (Å²) in [5.41, 5.74) is -3.08. The molecule has 3 aliphatic rings. The average molecular weight is 654 g/mol. The van der Waals surface area contributed by atoms with Gasteiger partial charge in [-0.2, -0.15) is 0 Å². The Bertz CT molecular complexity index is 1420. The monoisotopic (exact) mass is 653 g/mol. The zero-order valence-electron chi connectivity index (χ0n) is 28.3. The highest BCUT2D eigenvalue weighted by molar-refractivity contribution is 7.91. The van der Waals surface area contributed by atoms with Crippen LogP contribution in [0.25, 0.3) is 0 Å². The third kappa shape index (κ3) is 6.21. The van der Waals surface area contributed by atoms with Crippen molar-refractivity contribution in [2.45, 2.75) is 121 Å². The molecule has 1 saturated carbocycles. The fourth-order valence-electron chi connectivity index (χ4n) is 5.47. The van der Waals surface area contributed by atoms with Gasteiger partial charge < -0.3 is 18.8 Å². The van der Waals surface area contributed by atoms with Crippen molar-refractivity contribution in [1.82, 2.24) is 9.21 Å². The van der Waals surface area contributed by atoms with Gasteiger partial charge in [0, 0.05) is 27.3 Å². The second kappa shape index (κ2) is 11.1. The van der Waals surface area contributed by atoms with Gasteiger partial charge in [-0.3, -0.25) is 0 Å². The maximum absolute atomic E-state index is 15.9. The number of carbonyl (C=O) groups is 1. The van der Waals surface area contributed by atoms with Crippen molar-refractivity contribution >= 4 is 42.7 Å². The number of carbonyl (C=O) groups excluding carboxylic acids is 1. The minimum atomic E-state index is -4.12. The van der Waals surface area contributed by atoms with Crippen molar-refractivity contribution in [3.63, 3.8) is 0 Å². The van der Waals surface area contributed by atoms with Crippen LogP contribution in [0, 0.1) is 5.82 Å². The van der Waals surface area contributed by atoms with E-state index in [1.54, 1.807) is 39.8 Å². The van der Waals surface area contributed by atoms with Crippen LogP contribution in [0.15, 0.2) is 23.2 Å². The molecular formula is C30H49BFN3O7SSi. The van der Waals surface area contributed by atoms with Gasteiger partial charge in [0.2, 0.25) is 16.0 Å². The highest BCUT2D eigenvalue weighted by atomic mass is 32.2. The zero-order valence-corrected chi connectivity index (χ0v) is 30.1. The van der Waals surface area contributed by atoms with Crippen LogP contribution < -0.4 is 5.46 Å². The summed E-state index contributed by atoms with van der Waals surface area (Å²) in [5.74, 6) is -0.801. The molecule has 1 saturated heterocycles. The van der Waals surface area contributed by atoms with Gasteiger partial charge in [-0.1, -0.05) is 31.8 Å². The topological polar surface area (TPSA) is 107 Å². The van der Waals surface area contributed by atoms with Crippen LogP contribution in [-0.2, 0) is 34.3 Å². The molecule has 44 heavy (non-hydrogen) atoms. The Morgan fingerprint density at radius 3 is 2.18 bits per heavy atom. The summed E-state index contributed by atoms with van der Waals surface area (Å²) in [6.45, 7) is 21.2. The molecule has 1 amide bonds. The van der Waals surface area contributed by atoms with Crippen LogP contribution in [0.2, 0.25) is 25.7 Å². The van der Waals surface area contributed by atoms with E-state index in [0.717, 1.165) is 15.2 Å². The van der Waals surface area contributed by atoms with Crippen molar-refractivity contribution in [1.29, 1.82) is 0 Å². The molecule has 1 atom stereocenters. The lowest BCUT2D eigenvalue weighted by Gasteiger charge is -2.45. The molecule has 1 aromatic rings. The van der Waals surface area contributed by atoms with Crippen LogP contribution in [-0.4, -0.2) is 86.8 Å². The number of hydrogen-bond acceptors (Lipinski definition) is 8. The fourth-order valence-corrected chi connectivity index (χ4v) is 8.38. The molecule has 0 unspecified atom stereocenters. The van der Waals surface area contributed by atoms with Crippen molar-refractivity contribution in [2.75, 3.05) is 20.4 Å². The van der Waals surface area contributed by atoms with Gasteiger partial charge in [0.15, 0.2) is 0 Å². The molecule has 0 aromatic heterocycles. The van der Waals surface area contributed by atoms with E-state index in [1.165, 1.54) is 13.1 Å². The average Bonchev–Trinajstić information content (AvgIpc) is 3.64. The van der Waals surface area contributed by atoms with E-state index in [9.17, 15) is 13.2 Å². The predicted molar refractivity (Wildman–Crippen MR) is 173 cm³/mol. The van der Waals surface area contributed by atoms with E-state index < -0.39 is 64.2 Å². The Labute approximate surface area is 263 Å². The van der Waals surface area contributed by atoms with Crippen molar-refractivity contribution in [3.8, 4) is 0 Å². The van der Waals surface area contributed by atoms with Crippen molar-refractivity contribution in [3.05, 3.63) is 29.6 Å². The Morgan fingerprint density at radius 2 is 1.68 bits per heavy atom. The molecule has 14 heteroatoms. The largest absolute Gasteiger partial charge is 0.494 e. The maximum atomic E-state index is 15.9. The summed E-state index contributed by atoms with van der Waals surface area (Å²) in [6.07, 6.45) is -0.245. The second-order valence-electron chi connectivity index (χ2n) is 15.5. The molecule has 0 N–H and O–H groups in total. The van der Waals surface area contributed by atoms with Crippen molar-refractivity contribution in [2.24, 2.45) is 4.99 Å². The Kier molecular flexibility index (Phi) is 8.77. The predicted octanol–water partition coefficient (Wildman–Crippen LogP) is 5.05. The van der Waals surface area contributed by atoms with E-state index in [4.69, 9.17) is 23.8 Å². The number of benzene rings is 1. The number of ether oxygens (including phenoxy) is 2. The molecule has 10 nitrogen and oxygen atoms in total. The Hall–Kier alpha value is -2.00. The summed E-state index contributed by atoms with van der Waals surface area (Å²) in [4.78, 5) is 19.6. The number of guanidine groups is 1. The zero-order chi connectivity index (χ0) is 33.3. The summed E-state index contributed by atoms with van der Waals surface area (Å²) < 4.78 is 68.0. The second-order valence-corrected chi connectivity index (χ2v) is 23.4. The molecule has 2 heterocycles. The minimum absolute atomic E-state index is 0.0835. The number of sulfonamides is 1. The number of halogens is 1. The molecule has 4 rings (SSSR count). The first kappa shape index (κ1) is 34.9. The van der Waals surface area contributed by atoms with E-state index in [1.807, 2.05) is 27.7 Å². The Morgan fingerprint density at radius 1 is 1.11 bits per heavy atom. The standard InChI is InChI=1S/C30H49BFN3O7SSi/c1-26(2,3)40-25(36)35(20-39-17-18-44(10,11)12)24-33-29(8,30(15-16-30)43(37,38)34(24)9)22-19-21(13-14-23(22)32)31-41-27(4,5)28(6,7)42-31/h13-14,19H,15-18,20H2,1-12H3/t29-/m1/s1. The highest BCUT2D eigenvalue weighted by Gasteiger charge is 2.71. The number of rotatable bonds is 7. The lowest BCUT2D eigenvalue weighted by molar-refractivity contribution is 0.00578. The van der Waals surface area contributed by atoms with Gasteiger partial charge in [0.05, 0.1) is 11.2 Å². The molecular weight excluding hydrogens is 604 g/mol. The normalized spacial score (nSPS) is 25.2. The molecule has 2 fully saturated rings. The number of nitrogens with zero attached hydrogens (tertiary/aromatic N) is 3. The first-order chi connectivity index (χ1) is 19.9. The van der Waals surface area contributed by atoms with Gasteiger partial charge in [-0.05, 0) is 85.8 Å². The van der Waals surface area contributed by atoms with E-state index in [0.29, 0.717) is 12.1 Å². The summed E-state index contributed by atoms with van der Waals surface area (Å²) in [6, 6.07) is 5.30. The molecule has 0 bridgehead atoms. The minimum Gasteiger partial charge on any atom is -0.443 e. The molecule has 0 radical (unpaired) electrons. The SMILES string of the molecule is CN1C(N(COCC[Si](C)(C)C)C(=O)OC(C)(C)C)=N[C@](C)(c2cc(B3OC(C)(C)C(C)(C)O3)ccc2F)C2(CC2)S1(=O)=O. The van der Waals surface area contributed by atoms with Crippen LogP contribution >= 0.6 is 0 Å². The maximum Gasteiger partial charge on any atom is 0.494 e. The van der Waals surface area contributed by atoms with Gasteiger partial charge in [-0.15, -0.1) is 0 Å². The molecule has 1 spiro atoms. The van der Waals surface area contributed by atoms with Gasteiger partial charge in [0.25, 0.3) is 0 Å². The summed E-state index contributed by atoms with van der Waals surface area (Å²) in [7, 11) is -4.99. The van der Waals surface area contributed by atoms with Crippen molar-refractivity contribution < 1.29 is 36.4 Å². The van der Waals surface area contributed by atoms with Gasteiger partial charge in [0.1, 0.15) is 28.4 Å². The molecule has 246 valence electrons. The summed E-state index contributed by atoms with van der Waals surface area (Å²) >= 11 is 0. The molecule has 1 aromatic carbocycles. The first-order valence-corrected chi connectivity index (χ1v) is 20.3. The third-order valence-electron chi connectivity index (χ3n) is 9.16. The van der Waals surface area contributed by atoms with Crippen LogP contribution in [0.5, 0.6) is 0 Å². The van der Waals surface area contributed by atoms with Gasteiger partial charge >= 0.3 is 13.2 Å². The fraction of sp³-hybridized carbons (Fsp3) is 0.733. The molecule has 2 aliphatic heterocycles. The van der Waals surface area contributed by atoms with Gasteiger partial charge in [-0.25, -0.2) is 31.8 Å². The van der Waals surface area contributed by atoms with Crippen LogP contribution in [0.4, 0.5) is 9.18 Å². The molecule has 1 aliphatic carbocycles.